The fraction of sp³-hybridized carbons (Fsp3) is 0.850. The van der Waals surface area contributed by atoms with E-state index in [0.29, 0.717) is 28.4 Å². The molecule has 5 atom stereocenters. The van der Waals surface area contributed by atoms with Crippen molar-refractivity contribution in [2.75, 3.05) is 0 Å². The molecule has 1 spiro atoms. The molecule has 4 aliphatic carbocycles. The van der Waals surface area contributed by atoms with E-state index in [0.717, 1.165) is 24.3 Å². The standard InChI is InChI=1S/C20H30O/c1-13-14-6-7-16-19(4)10-5-9-18(2,3)15(19)8-11-20(16,12-14)17(13)21/h14-16H,1,5-12H2,2-4H3/t14?,15?,16?,19-,20?/m1/s1. The molecular weight excluding hydrogens is 256 g/mol. The first-order valence-electron chi connectivity index (χ1n) is 9.05. The van der Waals surface area contributed by atoms with Crippen molar-refractivity contribution in [3.05, 3.63) is 12.2 Å². The van der Waals surface area contributed by atoms with Crippen molar-refractivity contribution >= 4 is 5.78 Å². The van der Waals surface area contributed by atoms with E-state index in [4.69, 9.17) is 0 Å². The van der Waals surface area contributed by atoms with Gasteiger partial charge >= 0.3 is 0 Å². The van der Waals surface area contributed by atoms with E-state index in [1.54, 1.807) is 0 Å². The van der Waals surface area contributed by atoms with Crippen molar-refractivity contribution in [3.8, 4) is 0 Å². The van der Waals surface area contributed by atoms with Crippen LogP contribution in [0.4, 0.5) is 0 Å². The van der Waals surface area contributed by atoms with Crippen LogP contribution < -0.4 is 0 Å². The maximum absolute atomic E-state index is 13.0. The largest absolute Gasteiger partial charge is 0.294 e. The molecule has 0 saturated heterocycles. The average molecular weight is 286 g/mol. The topological polar surface area (TPSA) is 17.1 Å². The molecule has 0 aromatic carbocycles. The predicted molar refractivity (Wildman–Crippen MR) is 85.9 cm³/mol. The smallest absolute Gasteiger partial charge is 0.165 e. The Morgan fingerprint density at radius 3 is 2.52 bits per heavy atom. The van der Waals surface area contributed by atoms with Gasteiger partial charge in [-0.05, 0) is 79.1 Å². The molecule has 2 bridgehead atoms. The van der Waals surface area contributed by atoms with Crippen LogP contribution in [0.3, 0.4) is 0 Å². The normalized spacial score (nSPS) is 51.5. The van der Waals surface area contributed by atoms with Gasteiger partial charge in [0.25, 0.3) is 0 Å². The van der Waals surface area contributed by atoms with Crippen LogP contribution in [0.25, 0.3) is 0 Å². The van der Waals surface area contributed by atoms with Gasteiger partial charge in [-0.15, -0.1) is 0 Å². The van der Waals surface area contributed by atoms with E-state index in [2.05, 4.69) is 27.4 Å². The fourth-order valence-corrected chi connectivity index (χ4v) is 7.44. The Morgan fingerprint density at radius 2 is 1.76 bits per heavy atom. The van der Waals surface area contributed by atoms with Gasteiger partial charge in [0.15, 0.2) is 5.78 Å². The van der Waals surface area contributed by atoms with Gasteiger partial charge in [-0.3, -0.25) is 4.79 Å². The summed E-state index contributed by atoms with van der Waals surface area (Å²) in [5.74, 6) is 2.43. The molecule has 4 saturated carbocycles. The zero-order valence-corrected chi connectivity index (χ0v) is 14.0. The summed E-state index contributed by atoms with van der Waals surface area (Å²) < 4.78 is 0. The minimum atomic E-state index is -0.00132. The van der Waals surface area contributed by atoms with Gasteiger partial charge in [-0.25, -0.2) is 0 Å². The minimum Gasteiger partial charge on any atom is -0.294 e. The van der Waals surface area contributed by atoms with Gasteiger partial charge in [-0.2, -0.15) is 0 Å². The lowest BCUT2D eigenvalue weighted by Crippen LogP contribution is -2.57. The molecule has 0 aromatic rings. The molecule has 0 aliphatic heterocycles. The maximum Gasteiger partial charge on any atom is 0.165 e. The number of Topliss-reactive ketones (excluding diaryl/α,β-unsaturated/α-hetero) is 1. The summed E-state index contributed by atoms with van der Waals surface area (Å²) in [6.07, 6.45) is 10.1. The second-order valence-electron chi connectivity index (χ2n) is 9.48. The summed E-state index contributed by atoms with van der Waals surface area (Å²) in [7, 11) is 0. The van der Waals surface area contributed by atoms with Gasteiger partial charge in [0.05, 0.1) is 0 Å². The number of carbonyl (C=O) groups is 1. The lowest BCUT2D eigenvalue weighted by Gasteiger charge is -2.63. The van der Waals surface area contributed by atoms with E-state index in [1.165, 1.54) is 38.5 Å². The Bertz CT molecular complexity index is 516. The Hall–Kier alpha value is -0.590. The first kappa shape index (κ1) is 14.0. The Labute approximate surface area is 129 Å². The highest BCUT2D eigenvalue weighted by molar-refractivity contribution is 6.03. The molecule has 4 aliphatic rings. The van der Waals surface area contributed by atoms with E-state index < -0.39 is 0 Å². The summed E-state index contributed by atoms with van der Waals surface area (Å²) in [5, 5.41) is 0. The van der Waals surface area contributed by atoms with Gasteiger partial charge in [0.2, 0.25) is 0 Å². The number of hydrogen-bond acceptors (Lipinski definition) is 1. The van der Waals surface area contributed by atoms with E-state index in [-0.39, 0.29) is 5.41 Å². The third kappa shape index (κ3) is 1.56. The summed E-state index contributed by atoms with van der Waals surface area (Å²) in [6.45, 7) is 11.7. The minimum absolute atomic E-state index is 0.00132. The molecule has 0 amide bonds. The van der Waals surface area contributed by atoms with Crippen LogP contribution in [0.1, 0.15) is 72.1 Å². The second-order valence-corrected chi connectivity index (χ2v) is 9.48. The van der Waals surface area contributed by atoms with Crippen LogP contribution in [-0.2, 0) is 4.79 Å². The van der Waals surface area contributed by atoms with Gasteiger partial charge in [-0.1, -0.05) is 33.8 Å². The van der Waals surface area contributed by atoms with E-state index in [9.17, 15) is 4.79 Å². The molecule has 4 unspecified atom stereocenters. The Balaban J connectivity index is 1.79. The highest BCUT2D eigenvalue weighted by Gasteiger charge is 2.66. The molecule has 4 fully saturated rings. The monoisotopic (exact) mass is 286 g/mol. The Kier molecular flexibility index (Phi) is 2.69. The van der Waals surface area contributed by atoms with Gasteiger partial charge in [0, 0.05) is 5.41 Å². The lowest BCUT2D eigenvalue weighted by molar-refractivity contribution is -0.160. The number of rotatable bonds is 0. The average Bonchev–Trinajstić information content (AvgIpc) is 2.59. The predicted octanol–water partition coefficient (Wildman–Crippen LogP) is 5.15. The zero-order valence-electron chi connectivity index (χ0n) is 14.0. The molecule has 1 heteroatoms. The summed E-state index contributed by atoms with van der Waals surface area (Å²) in [5.41, 5.74) is 1.84. The van der Waals surface area contributed by atoms with Crippen LogP contribution in [0.5, 0.6) is 0 Å². The number of fused-ring (bicyclic) bond motifs is 3. The summed E-state index contributed by atoms with van der Waals surface area (Å²) in [6, 6.07) is 0. The van der Waals surface area contributed by atoms with Crippen molar-refractivity contribution in [3.63, 3.8) is 0 Å². The summed E-state index contributed by atoms with van der Waals surface area (Å²) >= 11 is 0. The van der Waals surface area contributed by atoms with Crippen LogP contribution in [0.15, 0.2) is 12.2 Å². The number of hydrogen-bond donors (Lipinski definition) is 0. The van der Waals surface area contributed by atoms with Crippen LogP contribution in [0, 0.1) is 34.0 Å². The molecule has 0 radical (unpaired) electrons. The van der Waals surface area contributed by atoms with Crippen molar-refractivity contribution in [2.24, 2.45) is 34.0 Å². The quantitative estimate of drug-likeness (QED) is 0.562. The number of ketones is 1. The van der Waals surface area contributed by atoms with Crippen molar-refractivity contribution in [1.29, 1.82) is 0 Å². The fourth-order valence-electron chi connectivity index (χ4n) is 7.44. The van der Waals surface area contributed by atoms with Crippen molar-refractivity contribution in [2.45, 2.75) is 72.1 Å². The highest BCUT2D eigenvalue weighted by Crippen LogP contribution is 2.70. The lowest BCUT2D eigenvalue weighted by atomic mass is 9.41. The number of carbonyl (C=O) groups excluding carboxylic acids is 1. The van der Waals surface area contributed by atoms with Crippen molar-refractivity contribution < 1.29 is 4.79 Å². The van der Waals surface area contributed by atoms with Crippen molar-refractivity contribution in [1.82, 2.24) is 0 Å². The molecule has 0 N–H and O–H groups in total. The second kappa shape index (κ2) is 4.03. The molecule has 0 heterocycles. The number of allylic oxidation sites excluding steroid dienone is 1. The molecule has 0 aromatic heterocycles. The first-order valence-corrected chi connectivity index (χ1v) is 9.05. The molecular formula is C20H30O. The van der Waals surface area contributed by atoms with E-state index in [1.807, 2.05) is 0 Å². The van der Waals surface area contributed by atoms with Crippen LogP contribution in [-0.4, -0.2) is 5.78 Å². The van der Waals surface area contributed by atoms with Crippen LogP contribution >= 0.6 is 0 Å². The van der Waals surface area contributed by atoms with Gasteiger partial charge in [0.1, 0.15) is 0 Å². The SMILES string of the molecule is C=C1C(=O)C23CCC4C(C)(C)CCC[C@@]4(C)C2CCC1C3. The molecule has 1 nitrogen and oxygen atoms in total. The third-order valence-corrected chi connectivity index (χ3v) is 8.27. The molecule has 4 rings (SSSR count). The van der Waals surface area contributed by atoms with Crippen LogP contribution in [0.2, 0.25) is 0 Å². The molecule has 116 valence electrons. The highest BCUT2D eigenvalue weighted by atomic mass is 16.1. The Morgan fingerprint density at radius 1 is 1.00 bits per heavy atom. The van der Waals surface area contributed by atoms with Gasteiger partial charge < -0.3 is 0 Å². The first-order chi connectivity index (χ1) is 9.81. The zero-order chi connectivity index (χ0) is 15.0. The third-order valence-electron chi connectivity index (χ3n) is 8.27. The summed E-state index contributed by atoms with van der Waals surface area (Å²) in [4.78, 5) is 13.0. The molecule has 21 heavy (non-hydrogen) atoms. The maximum atomic E-state index is 13.0. The van der Waals surface area contributed by atoms with E-state index >= 15 is 0 Å².